The van der Waals surface area contributed by atoms with E-state index in [1.807, 2.05) is 18.2 Å². The molecule has 34 heavy (non-hydrogen) atoms. The minimum Gasteiger partial charge on any atom is -0.404 e. The summed E-state index contributed by atoms with van der Waals surface area (Å²) in [5, 5.41) is 10.0. The Morgan fingerprint density at radius 2 is 1.85 bits per heavy atom. The molecule has 0 spiro atoms. The second-order valence-electron chi connectivity index (χ2n) is 7.99. The van der Waals surface area contributed by atoms with E-state index in [1.54, 1.807) is 12.1 Å². The first kappa shape index (κ1) is 23.3. The van der Waals surface area contributed by atoms with Crippen molar-refractivity contribution in [3.05, 3.63) is 88.0 Å². The van der Waals surface area contributed by atoms with Crippen LogP contribution in [0.3, 0.4) is 0 Å². The van der Waals surface area contributed by atoms with Crippen LogP contribution in [0.5, 0.6) is 0 Å². The molecule has 0 radical (unpaired) electrons. The van der Waals surface area contributed by atoms with Crippen molar-refractivity contribution in [2.75, 3.05) is 6.54 Å². The van der Waals surface area contributed by atoms with E-state index in [1.165, 1.54) is 18.5 Å². The molecule has 0 atom stereocenters. The Bertz CT molecular complexity index is 1490. The van der Waals surface area contributed by atoms with E-state index >= 15 is 0 Å². The quantitative estimate of drug-likeness (QED) is 0.232. The molecule has 1 aromatic heterocycles. The molecule has 0 aliphatic heterocycles. The standard InChI is InChI=1S/C26H23F3N4O/c27-26(28,29)19-5-1-3-16(9-19)23-14-33-25(34)24-21-10-15(18(12-31)13-32)6-7-20(21)17(4-2-8-30)11-22(23)24/h1,3,5-7,9-14,31H,2,4,8,30,32H2,(H,33,34)/b18-13+,31-12?. The summed E-state index contributed by atoms with van der Waals surface area (Å²) in [6.07, 6.45) is 0.748. The molecule has 5 nitrogen and oxygen atoms in total. The van der Waals surface area contributed by atoms with Crippen LogP contribution in [0, 0.1) is 5.41 Å². The highest BCUT2D eigenvalue weighted by molar-refractivity contribution is 6.15. The number of rotatable bonds is 6. The first-order valence-corrected chi connectivity index (χ1v) is 10.7. The number of allylic oxidation sites excluding steroid dienone is 1. The van der Waals surface area contributed by atoms with Gasteiger partial charge in [-0.1, -0.05) is 24.3 Å². The summed E-state index contributed by atoms with van der Waals surface area (Å²) in [6, 6.07) is 12.4. The normalized spacial score (nSPS) is 12.4. The lowest BCUT2D eigenvalue weighted by Crippen LogP contribution is -2.09. The molecule has 174 valence electrons. The fraction of sp³-hybridized carbons (Fsp3) is 0.154. The average Bonchev–Trinajstić information content (AvgIpc) is 2.82. The highest BCUT2D eigenvalue weighted by atomic mass is 19.4. The first-order chi connectivity index (χ1) is 16.3. The van der Waals surface area contributed by atoms with Crippen LogP contribution in [-0.4, -0.2) is 17.7 Å². The van der Waals surface area contributed by atoms with Gasteiger partial charge in [0.05, 0.1) is 10.9 Å². The van der Waals surface area contributed by atoms with Gasteiger partial charge in [0.25, 0.3) is 5.56 Å². The topological polar surface area (TPSA) is 109 Å². The van der Waals surface area contributed by atoms with Gasteiger partial charge in [0.2, 0.25) is 0 Å². The minimum atomic E-state index is -4.49. The summed E-state index contributed by atoms with van der Waals surface area (Å²) in [4.78, 5) is 15.7. The smallest absolute Gasteiger partial charge is 0.404 e. The van der Waals surface area contributed by atoms with Crippen LogP contribution >= 0.6 is 0 Å². The molecule has 0 aliphatic carbocycles. The number of nitrogens with one attached hydrogen (secondary N) is 2. The Hall–Kier alpha value is -3.91. The third kappa shape index (κ3) is 4.20. The van der Waals surface area contributed by atoms with Crippen molar-refractivity contribution in [1.82, 2.24) is 4.98 Å². The molecule has 4 aromatic rings. The molecular formula is C26H23F3N4O. The number of aromatic amines is 1. The van der Waals surface area contributed by atoms with Gasteiger partial charge in [0.15, 0.2) is 0 Å². The molecule has 0 unspecified atom stereocenters. The second-order valence-corrected chi connectivity index (χ2v) is 7.99. The Labute approximate surface area is 193 Å². The van der Waals surface area contributed by atoms with Crippen LogP contribution in [0.4, 0.5) is 13.2 Å². The van der Waals surface area contributed by atoms with Crippen molar-refractivity contribution in [2.45, 2.75) is 19.0 Å². The average molecular weight is 464 g/mol. The second kappa shape index (κ2) is 9.15. The molecule has 0 aliphatic rings. The highest BCUT2D eigenvalue weighted by Gasteiger charge is 2.30. The summed E-state index contributed by atoms with van der Waals surface area (Å²) >= 11 is 0. The maximum Gasteiger partial charge on any atom is 0.416 e. The largest absolute Gasteiger partial charge is 0.416 e. The molecule has 3 aromatic carbocycles. The van der Waals surface area contributed by atoms with Gasteiger partial charge in [-0.2, -0.15) is 13.2 Å². The van der Waals surface area contributed by atoms with Crippen molar-refractivity contribution < 1.29 is 13.2 Å². The van der Waals surface area contributed by atoms with Crippen LogP contribution in [-0.2, 0) is 12.6 Å². The van der Waals surface area contributed by atoms with Gasteiger partial charge in [-0.3, -0.25) is 4.79 Å². The number of H-pyrrole nitrogens is 1. The summed E-state index contributed by atoms with van der Waals surface area (Å²) in [7, 11) is 0. The van der Waals surface area contributed by atoms with Gasteiger partial charge >= 0.3 is 6.18 Å². The maximum absolute atomic E-state index is 13.4. The van der Waals surface area contributed by atoms with E-state index in [9.17, 15) is 18.0 Å². The Balaban J connectivity index is 2.10. The van der Waals surface area contributed by atoms with Gasteiger partial charge < -0.3 is 21.9 Å². The predicted octanol–water partition coefficient (Wildman–Crippen LogP) is 5.21. The van der Waals surface area contributed by atoms with Gasteiger partial charge in [0, 0.05) is 29.7 Å². The predicted molar refractivity (Wildman–Crippen MR) is 131 cm³/mol. The summed E-state index contributed by atoms with van der Waals surface area (Å²) in [5.41, 5.74) is 13.2. The van der Waals surface area contributed by atoms with Crippen molar-refractivity contribution >= 4 is 33.3 Å². The Morgan fingerprint density at radius 3 is 2.53 bits per heavy atom. The van der Waals surface area contributed by atoms with Gasteiger partial charge in [-0.15, -0.1) is 0 Å². The molecule has 0 fully saturated rings. The SMILES string of the molecule is N=C/C(=C\N)c1ccc2c(CCCN)cc3c(-c4cccc(C(F)(F)F)c4)c[nH]c(=O)c3c2c1. The number of pyridine rings is 1. The molecule has 0 bridgehead atoms. The Morgan fingerprint density at radius 1 is 1.06 bits per heavy atom. The number of aromatic nitrogens is 1. The van der Waals surface area contributed by atoms with Crippen molar-refractivity contribution in [3.8, 4) is 11.1 Å². The third-order valence-electron chi connectivity index (χ3n) is 5.91. The highest BCUT2D eigenvalue weighted by Crippen LogP contribution is 2.37. The van der Waals surface area contributed by atoms with E-state index in [4.69, 9.17) is 16.9 Å². The number of benzene rings is 3. The van der Waals surface area contributed by atoms with Gasteiger partial charge in [0.1, 0.15) is 0 Å². The molecule has 4 rings (SSSR count). The van der Waals surface area contributed by atoms with Crippen LogP contribution in [0.1, 0.15) is 23.1 Å². The van der Waals surface area contributed by atoms with Crippen LogP contribution in [0.15, 0.2) is 65.7 Å². The van der Waals surface area contributed by atoms with Crippen LogP contribution in [0.2, 0.25) is 0 Å². The molecular weight excluding hydrogens is 441 g/mol. The molecule has 0 saturated heterocycles. The first-order valence-electron chi connectivity index (χ1n) is 10.7. The minimum absolute atomic E-state index is 0.346. The summed E-state index contributed by atoms with van der Waals surface area (Å²) in [6.45, 7) is 0.474. The van der Waals surface area contributed by atoms with Crippen LogP contribution in [0.25, 0.3) is 38.2 Å². The molecule has 0 amide bonds. The van der Waals surface area contributed by atoms with Crippen molar-refractivity contribution in [3.63, 3.8) is 0 Å². The van der Waals surface area contributed by atoms with Crippen molar-refractivity contribution in [2.24, 2.45) is 11.5 Å². The number of alkyl halides is 3. The number of nitrogens with two attached hydrogens (primary N) is 2. The maximum atomic E-state index is 13.4. The number of aryl methyl sites for hydroxylation is 1. The molecule has 1 heterocycles. The monoisotopic (exact) mass is 464 g/mol. The fourth-order valence-electron chi connectivity index (χ4n) is 4.25. The van der Waals surface area contributed by atoms with Gasteiger partial charge in [-0.25, -0.2) is 0 Å². The van der Waals surface area contributed by atoms with E-state index < -0.39 is 11.7 Å². The zero-order valence-corrected chi connectivity index (χ0v) is 18.2. The lowest BCUT2D eigenvalue weighted by atomic mass is 9.90. The lowest BCUT2D eigenvalue weighted by molar-refractivity contribution is -0.137. The number of hydrogen-bond donors (Lipinski definition) is 4. The number of hydrogen-bond acceptors (Lipinski definition) is 4. The third-order valence-corrected chi connectivity index (χ3v) is 5.91. The molecule has 6 N–H and O–H groups in total. The van der Waals surface area contributed by atoms with E-state index in [0.717, 1.165) is 29.3 Å². The van der Waals surface area contributed by atoms with E-state index in [0.29, 0.717) is 57.8 Å². The van der Waals surface area contributed by atoms with Gasteiger partial charge in [-0.05, 0) is 76.5 Å². The zero-order valence-electron chi connectivity index (χ0n) is 18.2. The summed E-state index contributed by atoms with van der Waals surface area (Å²) < 4.78 is 40.1. The van der Waals surface area contributed by atoms with Crippen molar-refractivity contribution in [1.29, 1.82) is 5.41 Å². The fourth-order valence-corrected chi connectivity index (χ4v) is 4.25. The number of fused-ring (bicyclic) bond motifs is 3. The number of halogens is 3. The molecule has 0 saturated carbocycles. The lowest BCUT2D eigenvalue weighted by Gasteiger charge is -2.15. The van der Waals surface area contributed by atoms with E-state index in [-0.39, 0.29) is 5.56 Å². The zero-order chi connectivity index (χ0) is 24.5. The van der Waals surface area contributed by atoms with Crippen LogP contribution < -0.4 is 17.0 Å². The van der Waals surface area contributed by atoms with E-state index in [2.05, 4.69) is 4.98 Å². The molecule has 8 heteroatoms. The summed E-state index contributed by atoms with van der Waals surface area (Å²) in [5.74, 6) is 0. The Kier molecular flexibility index (Phi) is 6.26.